The molecule has 0 saturated carbocycles. The molecule has 0 saturated heterocycles. The van der Waals surface area contributed by atoms with E-state index >= 15 is 0 Å². The van der Waals surface area contributed by atoms with Gasteiger partial charge in [-0.05, 0) is 20.8 Å². The van der Waals surface area contributed by atoms with E-state index < -0.39 is 27.3 Å². The molecule has 3 unspecified atom stereocenters. The minimum absolute atomic E-state index is 0.0123. The summed E-state index contributed by atoms with van der Waals surface area (Å²) < 4.78 is 11.8. The summed E-state index contributed by atoms with van der Waals surface area (Å²) in [6, 6.07) is -0.0123. The first kappa shape index (κ1) is 15.1. The van der Waals surface area contributed by atoms with Crippen molar-refractivity contribution >= 4 is 22.7 Å². The quantitative estimate of drug-likeness (QED) is 0.718. The molecule has 1 amide bonds. The van der Waals surface area contributed by atoms with Crippen molar-refractivity contribution in [3.8, 4) is 0 Å². The minimum atomic E-state index is -1.47. The van der Waals surface area contributed by atoms with Crippen LogP contribution in [0.2, 0.25) is 0 Å². The molecule has 0 aromatic carbocycles. The van der Waals surface area contributed by atoms with E-state index in [1.807, 2.05) is 13.8 Å². The van der Waals surface area contributed by atoms with Gasteiger partial charge in [0.2, 0.25) is 5.91 Å². The van der Waals surface area contributed by atoms with E-state index in [1.54, 1.807) is 13.8 Å². The van der Waals surface area contributed by atoms with Crippen LogP contribution in [0.3, 0.4) is 0 Å². The second kappa shape index (κ2) is 6.62. The van der Waals surface area contributed by atoms with Crippen LogP contribution < -0.4 is 5.32 Å². The highest BCUT2D eigenvalue weighted by atomic mass is 32.2. The average molecular weight is 249 g/mol. The lowest BCUT2D eigenvalue weighted by Gasteiger charge is -2.17. The van der Waals surface area contributed by atoms with Gasteiger partial charge in [-0.15, -0.1) is 0 Å². The maximum atomic E-state index is 11.8. The summed E-state index contributed by atoms with van der Waals surface area (Å²) in [5, 5.41) is 10.0. The fourth-order valence-electron chi connectivity index (χ4n) is 1.18. The van der Waals surface area contributed by atoms with Gasteiger partial charge in [-0.2, -0.15) is 0 Å². The first-order chi connectivity index (χ1) is 7.25. The topological polar surface area (TPSA) is 83.5 Å². The number of carbonyl (C=O) groups excluding carboxylic acids is 1. The third-order valence-corrected chi connectivity index (χ3v) is 3.88. The second-order valence-corrected chi connectivity index (χ2v) is 6.21. The first-order valence-electron chi connectivity index (χ1n) is 5.17. The highest BCUT2D eigenvalue weighted by Gasteiger charge is 2.26. The Morgan fingerprint density at radius 1 is 1.25 bits per heavy atom. The molecule has 94 valence electrons. The molecule has 2 N–H and O–H groups in total. The summed E-state index contributed by atoms with van der Waals surface area (Å²) >= 11 is 0. The summed E-state index contributed by atoms with van der Waals surface area (Å²) in [7, 11) is -1.47. The molecule has 3 atom stereocenters. The van der Waals surface area contributed by atoms with E-state index in [0.717, 1.165) is 0 Å². The highest BCUT2D eigenvalue weighted by molar-refractivity contribution is 7.87. The van der Waals surface area contributed by atoms with Crippen molar-refractivity contribution in [3.05, 3.63) is 0 Å². The largest absolute Gasteiger partial charge is 0.481 e. The van der Waals surface area contributed by atoms with Crippen molar-refractivity contribution in [1.82, 2.24) is 5.32 Å². The van der Waals surface area contributed by atoms with E-state index in [2.05, 4.69) is 5.32 Å². The van der Waals surface area contributed by atoms with Crippen LogP contribution in [0, 0.1) is 0 Å². The van der Waals surface area contributed by atoms with Crippen LogP contribution in [0.25, 0.3) is 0 Å². The summed E-state index contributed by atoms with van der Waals surface area (Å²) in [5.74, 6) is -1.30. The fraction of sp³-hybridized carbons (Fsp3) is 0.800. The van der Waals surface area contributed by atoms with Gasteiger partial charge in [0.1, 0.15) is 5.25 Å². The number of rotatable bonds is 6. The molecule has 0 spiro atoms. The van der Waals surface area contributed by atoms with E-state index in [-0.39, 0.29) is 18.4 Å². The maximum absolute atomic E-state index is 11.8. The lowest BCUT2D eigenvalue weighted by Crippen LogP contribution is -2.41. The van der Waals surface area contributed by atoms with Crippen LogP contribution in [0.5, 0.6) is 0 Å². The number of carbonyl (C=O) groups is 2. The standard InChI is InChI=1S/C10H19NO4S/c1-6(2)11-10(14)8(4)16(15)7(3)5-9(12)13/h6-8H,5H2,1-4H3,(H,11,14)(H,12,13). The Labute approximate surface area is 98.1 Å². The van der Waals surface area contributed by atoms with Gasteiger partial charge in [0.25, 0.3) is 0 Å². The van der Waals surface area contributed by atoms with Crippen LogP contribution in [-0.2, 0) is 20.4 Å². The zero-order chi connectivity index (χ0) is 12.9. The molecule has 0 heterocycles. The fourth-order valence-corrected chi connectivity index (χ4v) is 2.47. The molecule has 0 rings (SSSR count). The first-order valence-corrected chi connectivity index (χ1v) is 6.44. The lowest BCUT2D eigenvalue weighted by atomic mass is 10.3. The van der Waals surface area contributed by atoms with Gasteiger partial charge in [0, 0.05) is 22.1 Å². The van der Waals surface area contributed by atoms with Crippen LogP contribution in [-0.4, -0.2) is 37.7 Å². The van der Waals surface area contributed by atoms with E-state index in [9.17, 15) is 13.8 Å². The summed E-state index contributed by atoms with van der Waals surface area (Å²) in [6.07, 6.45) is -0.189. The number of amides is 1. The van der Waals surface area contributed by atoms with Crippen LogP contribution >= 0.6 is 0 Å². The minimum Gasteiger partial charge on any atom is -0.481 e. The molecule has 5 nitrogen and oxygen atoms in total. The van der Waals surface area contributed by atoms with E-state index in [4.69, 9.17) is 5.11 Å². The Morgan fingerprint density at radius 2 is 1.75 bits per heavy atom. The highest BCUT2D eigenvalue weighted by Crippen LogP contribution is 2.08. The molecule has 0 aromatic heterocycles. The number of carboxylic acids is 1. The number of carboxylic acid groups (broad SMARTS) is 1. The lowest BCUT2D eigenvalue weighted by molar-refractivity contribution is -0.137. The zero-order valence-corrected chi connectivity index (χ0v) is 10.8. The molecule has 0 aliphatic carbocycles. The van der Waals surface area contributed by atoms with Gasteiger partial charge in [-0.1, -0.05) is 6.92 Å². The zero-order valence-electron chi connectivity index (χ0n) is 10.0. The molecular weight excluding hydrogens is 230 g/mol. The number of aliphatic carboxylic acids is 1. The Kier molecular flexibility index (Phi) is 6.25. The Hall–Kier alpha value is -0.910. The third-order valence-electron chi connectivity index (χ3n) is 2.01. The third kappa shape index (κ3) is 5.25. The predicted molar refractivity (Wildman–Crippen MR) is 62.6 cm³/mol. The predicted octanol–water partition coefficient (Wildman–Crippen LogP) is 0.511. The van der Waals surface area contributed by atoms with Crippen molar-refractivity contribution < 1.29 is 18.9 Å². The molecular formula is C10H19NO4S. The maximum Gasteiger partial charge on any atom is 0.304 e. The van der Waals surface area contributed by atoms with Crippen molar-refractivity contribution in [2.45, 2.75) is 50.7 Å². The normalized spacial score (nSPS) is 16.6. The SMILES string of the molecule is CC(C)NC(=O)C(C)S(=O)C(C)CC(=O)O. The number of hydrogen-bond donors (Lipinski definition) is 2. The van der Waals surface area contributed by atoms with Crippen molar-refractivity contribution in [2.75, 3.05) is 0 Å². The smallest absolute Gasteiger partial charge is 0.304 e. The summed E-state index contributed by atoms with van der Waals surface area (Å²) in [4.78, 5) is 22.0. The molecule has 0 bridgehead atoms. The summed E-state index contributed by atoms with van der Waals surface area (Å²) in [5.41, 5.74) is 0. The van der Waals surface area contributed by atoms with Gasteiger partial charge in [-0.25, -0.2) is 0 Å². The molecule has 0 fully saturated rings. The van der Waals surface area contributed by atoms with Gasteiger partial charge in [0.15, 0.2) is 0 Å². The summed E-state index contributed by atoms with van der Waals surface area (Å²) in [6.45, 7) is 6.75. The molecule has 6 heteroatoms. The van der Waals surface area contributed by atoms with Gasteiger partial charge in [-0.3, -0.25) is 13.8 Å². The molecule has 0 radical (unpaired) electrons. The number of hydrogen-bond acceptors (Lipinski definition) is 3. The van der Waals surface area contributed by atoms with Crippen molar-refractivity contribution in [2.24, 2.45) is 0 Å². The monoisotopic (exact) mass is 249 g/mol. The second-order valence-electron chi connectivity index (χ2n) is 4.04. The molecule has 0 aromatic rings. The van der Waals surface area contributed by atoms with E-state index in [1.165, 1.54) is 0 Å². The van der Waals surface area contributed by atoms with E-state index in [0.29, 0.717) is 0 Å². The van der Waals surface area contributed by atoms with Crippen LogP contribution in [0.4, 0.5) is 0 Å². The Morgan fingerprint density at radius 3 is 2.12 bits per heavy atom. The van der Waals surface area contributed by atoms with Crippen LogP contribution in [0.1, 0.15) is 34.1 Å². The van der Waals surface area contributed by atoms with Gasteiger partial charge in [0.05, 0.1) is 6.42 Å². The number of nitrogens with one attached hydrogen (secondary N) is 1. The van der Waals surface area contributed by atoms with Crippen molar-refractivity contribution in [1.29, 1.82) is 0 Å². The van der Waals surface area contributed by atoms with Crippen LogP contribution in [0.15, 0.2) is 0 Å². The average Bonchev–Trinajstić information content (AvgIpc) is 2.13. The van der Waals surface area contributed by atoms with Gasteiger partial charge >= 0.3 is 5.97 Å². The van der Waals surface area contributed by atoms with Crippen molar-refractivity contribution in [3.63, 3.8) is 0 Å². The Bertz CT molecular complexity index is 291. The molecule has 16 heavy (non-hydrogen) atoms. The molecule has 0 aliphatic rings. The van der Waals surface area contributed by atoms with Gasteiger partial charge < -0.3 is 10.4 Å². The molecule has 0 aliphatic heterocycles. The Balaban J connectivity index is 4.37.